The molecule has 0 aromatic heterocycles. The molecule has 0 aromatic carbocycles. The molecule has 0 saturated carbocycles. The Bertz CT molecular complexity index is 137. The fraction of sp³-hybridized carbons (Fsp3) is 0.750. The molecule has 0 radical (unpaired) electrons. The maximum absolute atomic E-state index is 9.99. The minimum absolute atomic E-state index is 0.230. The molecule has 4 heteroatoms. The van der Waals surface area contributed by atoms with Gasteiger partial charge >= 0.3 is 54.8 Å². The van der Waals surface area contributed by atoms with Gasteiger partial charge in [0, 0.05) is 0 Å². The van der Waals surface area contributed by atoms with Crippen molar-refractivity contribution in [2.45, 2.75) is 16.6 Å². The van der Waals surface area contributed by atoms with Crippen molar-refractivity contribution in [3.63, 3.8) is 0 Å². The topological polar surface area (TPSA) is 37.3 Å². The van der Waals surface area contributed by atoms with E-state index in [1.165, 1.54) is 0 Å². The van der Waals surface area contributed by atoms with Crippen LogP contribution in [0.4, 0.5) is 0 Å². The number of hydrogen-bond donors (Lipinski definition) is 1. The minimum atomic E-state index is -2.03. The van der Waals surface area contributed by atoms with Gasteiger partial charge in [-0.3, -0.25) is 0 Å². The van der Waals surface area contributed by atoms with Crippen molar-refractivity contribution in [1.82, 2.24) is 0 Å². The van der Waals surface area contributed by atoms with Crippen LogP contribution in [0.15, 0.2) is 0 Å². The summed E-state index contributed by atoms with van der Waals surface area (Å²) in [5.41, 5.74) is 3.78. The third kappa shape index (κ3) is 6.25. The molecule has 0 atom stereocenters. The number of rotatable bonds is 2. The summed E-state index contributed by atoms with van der Waals surface area (Å²) in [6.07, 6.45) is 0. The first-order valence-corrected chi connectivity index (χ1v) is 9.92. The SMILES string of the molecule is C[As](C)(=S)CC(=O)O. The molecule has 1 N–H and O–H groups in total. The van der Waals surface area contributed by atoms with Crippen LogP contribution in [0.1, 0.15) is 0 Å². The average Bonchev–Trinajstić information content (AvgIpc) is 1.21. The molecule has 8 heavy (non-hydrogen) atoms. The third-order valence-electron chi connectivity index (χ3n) is 0.516. The van der Waals surface area contributed by atoms with Crippen LogP contribution >= 0.6 is 10.4 Å². The Morgan fingerprint density at radius 2 is 2.12 bits per heavy atom. The summed E-state index contributed by atoms with van der Waals surface area (Å²) in [6.45, 7) is 0. The zero-order chi connectivity index (χ0) is 6.78. The Morgan fingerprint density at radius 3 is 2.12 bits per heavy atom. The van der Waals surface area contributed by atoms with Gasteiger partial charge in [-0.15, -0.1) is 0 Å². The van der Waals surface area contributed by atoms with Gasteiger partial charge in [0.25, 0.3) is 0 Å². The summed E-state index contributed by atoms with van der Waals surface area (Å²) in [5, 5.41) is 8.46. The van der Waals surface area contributed by atoms with Gasteiger partial charge in [-0.25, -0.2) is 0 Å². The molecule has 2 nitrogen and oxygen atoms in total. The summed E-state index contributed by atoms with van der Waals surface area (Å²) < 4.78 is 0. The van der Waals surface area contributed by atoms with E-state index in [4.69, 9.17) is 15.5 Å². The van der Waals surface area contributed by atoms with Crippen molar-refractivity contribution in [1.29, 1.82) is 0 Å². The van der Waals surface area contributed by atoms with Gasteiger partial charge in [-0.05, 0) is 0 Å². The average molecular weight is 196 g/mol. The Morgan fingerprint density at radius 1 is 1.75 bits per heavy atom. The molecule has 0 fully saturated rings. The normalized spacial score (nSPS) is 11.2. The summed E-state index contributed by atoms with van der Waals surface area (Å²) in [7, 11) is 4.95. The van der Waals surface area contributed by atoms with Gasteiger partial charge in [0.2, 0.25) is 0 Å². The van der Waals surface area contributed by atoms with Crippen LogP contribution in [-0.2, 0) is 4.79 Å². The second-order valence-corrected chi connectivity index (χ2v) is 14.5. The molecular formula is C4H9AsO2S. The van der Waals surface area contributed by atoms with E-state index < -0.39 is 17.8 Å². The van der Waals surface area contributed by atoms with Crippen molar-refractivity contribution in [3.05, 3.63) is 0 Å². The Balaban J connectivity index is 3.74. The standard InChI is InChI=1S/C4H9AsO2S/c1-5(2,8)3-4(6)7/h3H2,1-2H3,(H,6,7). The third-order valence-corrected chi connectivity index (χ3v) is 3.35. The first kappa shape index (κ1) is 8.25. The molecule has 0 bridgehead atoms. The van der Waals surface area contributed by atoms with Crippen molar-refractivity contribution in [3.8, 4) is 0 Å². The van der Waals surface area contributed by atoms with Crippen LogP contribution in [0.25, 0.3) is 0 Å². The number of hydrogen-bond acceptors (Lipinski definition) is 2. The summed E-state index contributed by atoms with van der Waals surface area (Å²) >= 11 is -2.03. The molecule has 0 saturated heterocycles. The van der Waals surface area contributed by atoms with E-state index in [2.05, 4.69) is 0 Å². The predicted molar refractivity (Wildman–Crippen MR) is 37.5 cm³/mol. The van der Waals surface area contributed by atoms with Gasteiger partial charge in [0.05, 0.1) is 0 Å². The van der Waals surface area contributed by atoms with Crippen molar-refractivity contribution >= 4 is 28.2 Å². The molecule has 0 aliphatic rings. The molecule has 48 valence electrons. The molecule has 0 rings (SSSR count). The zero-order valence-electron chi connectivity index (χ0n) is 4.92. The molecule has 0 heterocycles. The monoisotopic (exact) mass is 196 g/mol. The van der Waals surface area contributed by atoms with Crippen molar-refractivity contribution < 1.29 is 9.90 Å². The van der Waals surface area contributed by atoms with Gasteiger partial charge in [0.15, 0.2) is 0 Å². The quantitative estimate of drug-likeness (QED) is 0.679. The van der Waals surface area contributed by atoms with E-state index in [0.29, 0.717) is 0 Å². The van der Waals surface area contributed by atoms with Crippen molar-refractivity contribution in [2.24, 2.45) is 0 Å². The second kappa shape index (κ2) is 2.69. The Labute approximate surface area is 55.1 Å². The van der Waals surface area contributed by atoms with Gasteiger partial charge in [-0.1, -0.05) is 0 Å². The van der Waals surface area contributed by atoms with E-state index >= 15 is 0 Å². The van der Waals surface area contributed by atoms with Crippen LogP contribution in [-0.4, -0.2) is 23.0 Å². The Hall–Kier alpha value is 0.248. The summed E-state index contributed by atoms with van der Waals surface area (Å²) in [5.74, 6) is -0.752. The molecule has 0 spiro atoms. The fourth-order valence-electron chi connectivity index (χ4n) is 0.326. The van der Waals surface area contributed by atoms with Gasteiger partial charge in [-0.2, -0.15) is 0 Å². The van der Waals surface area contributed by atoms with Crippen LogP contribution < -0.4 is 0 Å². The number of carboxylic acid groups (broad SMARTS) is 1. The van der Waals surface area contributed by atoms with E-state index in [1.807, 2.05) is 11.4 Å². The number of carbonyl (C=O) groups is 1. The first-order valence-electron chi connectivity index (χ1n) is 2.17. The molecular weight excluding hydrogens is 187 g/mol. The molecule has 0 aliphatic carbocycles. The summed E-state index contributed by atoms with van der Waals surface area (Å²) in [4.78, 5) is 9.99. The predicted octanol–water partition coefficient (Wildman–Crippen LogP) is 1.47. The van der Waals surface area contributed by atoms with E-state index in [0.717, 1.165) is 0 Å². The molecule has 0 aromatic rings. The number of aliphatic carboxylic acids is 1. The second-order valence-electron chi connectivity index (χ2n) is 2.13. The first-order chi connectivity index (χ1) is 3.42. The number of carboxylic acids is 1. The summed E-state index contributed by atoms with van der Waals surface area (Å²) in [6, 6.07) is 0. The fourth-order valence-corrected chi connectivity index (χ4v) is 2.27. The Kier molecular flexibility index (Phi) is 2.78. The van der Waals surface area contributed by atoms with Crippen molar-refractivity contribution in [2.75, 3.05) is 0 Å². The van der Waals surface area contributed by atoms with E-state index in [-0.39, 0.29) is 5.21 Å². The van der Waals surface area contributed by atoms with E-state index in [1.54, 1.807) is 0 Å². The van der Waals surface area contributed by atoms with E-state index in [9.17, 15) is 4.79 Å². The molecule has 0 aliphatic heterocycles. The van der Waals surface area contributed by atoms with Gasteiger partial charge < -0.3 is 0 Å². The molecule has 0 unspecified atom stereocenters. The van der Waals surface area contributed by atoms with Gasteiger partial charge in [0.1, 0.15) is 0 Å². The van der Waals surface area contributed by atoms with Crippen LogP contribution in [0.2, 0.25) is 16.6 Å². The van der Waals surface area contributed by atoms with Crippen LogP contribution in [0.5, 0.6) is 0 Å². The maximum atomic E-state index is 9.99. The van der Waals surface area contributed by atoms with Crippen LogP contribution in [0.3, 0.4) is 0 Å². The van der Waals surface area contributed by atoms with Crippen LogP contribution in [0, 0.1) is 0 Å². The zero-order valence-corrected chi connectivity index (χ0v) is 7.61. The molecule has 0 amide bonds.